The molecule has 0 radical (unpaired) electrons. The second-order valence-corrected chi connectivity index (χ2v) is 10.3. The van der Waals surface area contributed by atoms with Crippen LogP contribution in [0.4, 0.5) is 10.5 Å². The minimum Gasteiger partial charge on any atom is -0.489 e. The Morgan fingerprint density at radius 1 is 0.921 bits per heavy atom. The van der Waals surface area contributed by atoms with Crippen LogP contribution in [-0.2, 0) is 16.2 Å². The van der Waals surface area contributed by atoms with E-state index in [-0.39, 0.29) is 12.5 Å². The largest absolute Gasteiger partial charge is 0.489 e. The van der Waals surface area contributed by atoms with Crippen molar-refractivity contribution in [3.05, 3.63) is 100 Å². The molecule has 2 aliphatic rings. The maximum absolute atomic E-state index is 12.9. The van der Waals surface area contributed by atoms with E-state index in [0.717, 1.165) is 39.2 Å². The highest BCUT2D eigenvalue weighted by atomic mass is 32.2. The lowest BCUT2D eigenvalue weighted by Crippen LogP contribution is -2.51. The number of rotatable bonds is 7. The van der Waals surface area contributed by atoms with Crippen LogP contribution in [0.25, 0.3) is 6.08 Å². The van der Waals surface area contributed by atoms with Gasteiger partial charge in [0.15, 0.2) is 0 Å². The van der Waals surface area contributed by atoms with Crippen LogP contribution in [-0.4, -0.2) is 59.6 Å². The lowest BCUT2D eigenvalue weighted by Gasteiger charge is -2.36. The minimum absolute atomic E-state index is 0.212. The van der Waals surface area contributed by atoms with Crippen molar-refractivity contribution in [2.75, 3.05) is 37.6 Å². The number of nitrogens with zero attached hydrogens (tertiary/aromatic N) is 3. The molecule has 5 rings (SSSR count). The Kier molecular flexibility index (Phi) is 7.79. The maximum Gasteiger partial charge on any atom is 0.294 e. The van der Waals surface area contributed by atoms with Gasteiger partial charge in [0.2, 0.25) is 5.91 Å². The number of hydrogen-bond acceptors (Lipinski definition) is 6. The van der Waals surface area contributed by atoms with Crippen molar-refractivity contribution in [1.29, 1.82) is 0 Å². The van der Waals surface area contributed by atoms with E-state index >= 15 is 0 Å². The number of ether oxygens (including phenoxy) is 1. The molecule has 194 valence electrons. The first kappa shape index (κ1) is 25.6. The molecule has 3 amide bonds. The SMILES string of the molecule is Cc1cccc(COc2ccc(/C=C3/SC(=O)N(CC(=O)N4CCN(c5ccccc5)CC4)C3=O)cc2)c1. The number of carbonyl (C=O) groups is 3. The Balaban J connectivity index is 1.15. The van der Waals surface area contributed by atoms with Crippen LogP contribution in [0.5, 0.6) is 5.75 Å². The number of anilines is 1. The number of aryl methyl sites for hydroxylation is 1. The average Bonchev–Trinajstić information content (AvgIpc) is 3.20. The zero-order chi connectivity index (χ0) is 26.5. The summed E-state index contributed by atoms with van der Waals surface area (Å²) in [5.74, 6) is 0.0714. The molecule has 0 N–H and O–H groups in total. The van der Waals surface area contributed by atoms with Gasteiger partial charge < -0.3 is 14.5 Å². The Morgan fingerprint density at radius 2 is 1.66 bits per heavy atom. The van der Waals surface area contributed by atoms with E-state index in [1.54, 1.807) is 11.0 Å². The highest BCUT2D eigenvalue weighted by Gasteiger charge is 2.37. The van der Waals surface area contributed by atoms with Gasteiger partial charge >= 0.3 is 0 Å². The van der Waals surface area contributed by atoms with Crippen LogP contribution < -0.4 is 9.64 Å². The van der Waals surface area contributed by atoms with Crippen molar-refractivity contribution in [2.24, 2.45) is 0 Å². The summed E-state index contributed by atoms with van der Waals surface area (Å²) in [6.07, 6.45) is 1.68. The van der Waals surface area contributed by atoms with Gasteiger partial charge in [0.25, 0.3) is 11.1 Å². The van der Waals surface area contributed by atoms with Crippen LogP contribution in [0.3, 0.4) is 0 Å². The summed E-state index contributed by atoms with van der Waals surface area (Å²) >= 11 is 0.864. The number of benzene rings is 3. The molecule has 2 fully saturated rings. The molecule has 7 nitrogen and oxygen atoms in total. The van der Waals surface area contributed by atoms with E-state index in [1.165, 1.54) is 5.56 Å². The van der Waals surface area contributed by atoms with E-state index in [2.05, 4.69) is 23.1 Å². The van der Waals surface area contributed by atoms with Crippen molar-refractivity contribution >= 4 is 40.6 Å². The smallest absolute Gasteiger partial charge is 0.294 e. The fourth-order valence-corrected chi connectivity index (χ4v) is 5.34. The summed E-state index contributed by atoms with van der Waals surface area (Å²) < 4.78 is 5.86. The second-order valence-electron chi connectivity index (χ2n) is 9.32. The number of imide groups is 1. The van der Waals surface area contributed by atoms with Gasteiger partial charge in [0, 0.05) is 31.9 Å². The number of piperazine rings is 1. The summed E-state index contributed by atoms with van der Waals surface area (Å²) in [5.41, 5.74) is 4.18. The third-order valence-electron chi connectivity index (χ3n) is 6.59. The molecule has 0 spiro atoms. The van der Waals surface area contributed by atoms with Crippen molar-refractivity contribution in [1.82, 2.24) is 9.80 Å². The second kappa shape index (κ2) is 11.6. The molecular weight excluding hydrogens is 498 g/mol. The number of thioether (sulfide) groups is 1. The summed E-state index contributed by atoms with van der Waals surface area (Å²) in [7, 11) is 0. The summed E-state index contributed by atoms with van der Waals surface area (Å²) in [4.78, 5) is 43.7. The van der Waals surface area contributed by atoms with Crippen LogP contribution in [0, 0.1) is 6.92 Å². The summed E-state index contributed by atoms with van der Waals surface area (Å²) in [5, 5.41) is -0.421. The first-order chi connectivity index (χ1) is 18.5. The summed E-state index contributed by atoms with van der Waals surface area (Å²) in [6.45, 7) is 4.80. The quantitative estimate of drug-likeness (QED) is 0.405. The Bertz CT molecular complexity index is 1350. The van der Waals surface area contributed by atoms with E-state index in [0.29, 0.717) is 37.7 Å². The molecular formula is C30H29N3O4S. The van der Waals surface area contributed by atoms with Gasteiger partial charge in [-0.3, -0.25) is 19.3 Å². The normalized spacial score (nSPS) is 16.9. The van der Waals surface area contributed by atoms with Crippen LogP contribution >= 0.6 is 11.8 Å². The maximum atomic E-state index is 12.9. The Hall–Kier alpha value is -4.04. The number of carbonyl (C=O) groups excluding carboxylic acids is 3. The first-order valence-corrected chi connectivity index (χ1v) is 13.4. The molecule has 3 aromatic carbocycles. The predicted molar refractivity (Wildman–Crippen MR) is 150 cm³/mol. The van der Waals surface area contributed by atoms with E-state index in [9.17, 15) is 14.4 Å². The molecule has 3 aromatic rings. The van der Waals surface area contributed by atoms with E-state index in [1.807, 2.05) is 67.6 Å². The molecule has 38 heavy (non-hydrogen) atoms. The first-order valence-electron chi connectivity index (χ1n) is 12.6. The highest BCUT2D eigenvalue weighted by molar-refractivity contribution is 8.18. The molecule has 0 bridgehead atoms. The highest BCUT2D eigenvalue weighted by Crippen LogP contribution is 2.32. The average molecular weight is 528 g/mol. The van der Waals surface area contributed by atoms with Gasteiger partial charge in [-0.15, -0.1) is 0 Å². The third kappa shape index (κ3) is 6.08. The zero-order valence-electron chi connectivity index (χ0n) is 21.2. The van der Waals surface area contributed by atoms with Gasteiger partial charge in [-0.1, -0.05) is 60.2 Å². The van der Waals surface area contributed by atoms with Crippen LogP contribution in [0.1, 0.15) is 16.7 Å². The lowest BCUT2D eigenvalue weighted by atomic mass is 10.1. The third-order valence-corrected chi connectivity index (χ3v) is 7.49. The summed E-state index contributed by atoms with van der Waals surface area (Å²) in [6, 6.07) is 25.6. The number of para-hydroxylation sites is 1. The van der Waals surface area contributed by atoms with Crippen molar-refractivity contribution in [2.45, 2.75) is 13.5 Å². The van der Waals surface area contributed by atoms with Gasteiger partial charge in [0.05, 0.1) is 4.91 Å². The monoisotopic (exact) mass is 527 g/mol. The van der Waals surface area contributed by atoms with E-state index < -0.39 is 11.1 Å². The topological polar surface area (TPSA) is 70.2 Å². The molecule has 0 unspecified atom stereocenters. The Labute approximate surface area is 226 Å². The molecule has 8 heteroatoms. The standard InChI is InChI=1S/C30H29N3O4S/c1-22-6-5-7-24(18-22)21-37-26-12-10-23(11-13-26)19-27-29(35)33(30(36)38-27)20-28(34)32-16-14-31(15-17-32)25-8-3-2-4-9-25/h2-13,18-19H,14-17,20-21H2,1H3/b27-19+. The van der Waals surface area contributed by atoms with Crippen molar-refractivity contribution in [3.63, 3.8) is 0 Å². The van der Waals surface area contributed by atoms with Gasteiger partial charge in [0.1, 0.15) is 18.9 Å². The van der Waals surface area contributed by atoms with Crippen molar-refractivity contribution < 1.29 is 19.1 Å². The van der Waals surface area contributed by atoms with Gasteiger partial charge in [-0.25, -0.2) is 0 Å². The fraction of sp³-hybridized carbons (Fsp3) is 0.233. The van der Waals surface area contributed by atoms with Crippen molar-refractivity contribution in [3.8, 4) is 5.75 Å². The number of amides is 3. The molecule has 0 aromatic heterocycles. The molecule has 0 aliphatic carbocycles. The minimum atomic E-state index is -0.434. The Morgan fingerprint density at radius 3 is 2.37 bits per heavy atom. The fourth-order valence-electron chi connectivity index (χ4n) is 4.50. The zero-order valence-corrected chi connectivity index (χ0v) is 22.0. The van der Waals surface area contributed by atoms with E-state index in [4.69, 9.17) is 4.74 Å². The predicted octanol–water partition coefficient (Wildman–Crippen LogP) is 4.96. The van der Waals surface area contributed by atoms with Gasteiger partial charge in [-0.2, -0.15) is 0 Å². The molecule has 0 atom stereocenters. The number of hydrogen-bond donors (Lipinski definition) is 0. The molecule has 0 saturated carbocycles. The van der Waals surface area contributed by atoms with Crippen LogP contribution in [0.15, 0.2) is 83.8 Å². The molecule has 2 heterocycles. The lowest BCUT2D eigenvalue weighted by molar-refractivity contribution is -0.136. The van der Waals surface area contributed by atoms with Gasteiger partial charge in [-0.05, 0) is 60.2 Å². The van der Waals surface area contributed by atoms with Crippen LogP contribution in [0.2, 0.25) is 0 Å². The molecule has 2 aliphatic heterocycles. The molecule has 2 saturated heterocycles.